The molecule has 1 unspecified atom stereocenters. The lowest BCUT2D eigenvalue weighted by molar-refractivity contribution is 0.790. The van der Waals surface area contributed by atoms with Gasteiger partial charge < -0.3 is 5.32 Å². The number of hydrogen-bond donors (Lipinski definition) is 1. The number of benzene rings is 2. The number of rotatable bonds is 4. The van der Waals surface area contributed by atoms with Gasteiger partial charge in [0.15, 0.2) is 0 Å². The van der Waals surface area contributed by atoms with Crippen LogP contribution in [0.25, 0.3) is 0 Å². The molecular weight excluding hydrogens is 436 g/mol. The first-order valence-electron chi connectivity index (χ1n) is 6.00. The van der Waals surface area contributed by atoms with E-state index in [4.69, 9.17) is 11.6 Å². The lowest BCUT2D eigenvalue weighted by atomic mass is 10.1. The van der Waals surface area contributed by atoms with E-state index in [0.29, 0.717) is 6.04 Å². The van der Waals surface area contributed by atoms with Crippen LogP contribution >= 0.6 is 50.1 Å². The second-order valence-corrected chi connectivity index (χ2v) is 7.07. The summed E-state index contributed by atoms with van der Waals surface area (Å²) in [5.74, 6) is 0. The molecule has 0 bridgehead atoms. The van der Waals surface area contributed by atoms with Crippen molar-refractivity contribution in [3.63, 3.8) is 0 Å². The molecule has 0 saturated carbocycles. The van der Waals surface area contributed by atoms with Gasteiger partial charge >= 0.3 is 0 Å². The highest BCUT2D eigenvalue weighted by atomic mass is 127. The summed E-state index contributed by atoms with van der Waals surface area (Å²) in [5.41, 5.74) is 2.30. The topological polar surface area (TPSA) is 12.0 Å². The first-order valence-corrected chi connectivity index (χ1v) is 8.25. The molecule has 4 heteroatoms. The average molecular weight is 451 g/mol. The zero-order chi connectivity index (χ0) is 13.8. The Hall–Kier alpha value is -0.260. The molecule has 0 aliphatic carbocycles. The van der Waals surface area contributed by atoms with Crippen LogP contribution < -0.4 is 5.32 Å². The van der Waals surface area contributed by atoms with Crippen LogP contribution in [0.5, 0.6) is 0 Å². The van der Waals surface area contributed by atoms with Gasteiger partial charge in [0.25, 0.3) is 0 Å². The fourth-order valence-electron chi connectivity index (χ4n) is 1.90. The average Bonchev–Trinajstić information content (AvgIpc) is 2.36. The minimum atomic E-state index is 0.332. The molecule has 0 spiro atoms. The molecule has 1 N–H and O–H groups in total. The predicted molar refractivity (Wildman–Crippen MR) is 95.1 cm³/mol. The summed E-state index contributed by atoms with van der Waals surface area (Å²) >= 11 is 11.9. The fraction of sp³-hybridized carbons (Fsp3) is 0.200. The summed E-state index contributed by atoms with van der Waals surface area (Å²) in [6.45, 7) is 2.16. The van der Waals surface area contributed by atoms with Gasteiger partial charge in [0.2, 0.25) is 0 Å². The summed E-state index contributed by atoms with van der Waals surface area (Å²) in [5, 5.41) is 4.23. The van der Waals surface area contributed by atoms with Crippen molar-refractivity contribution < 1.29 is 0 Å². The number of halogens is 3. The van der Waals surface area contributed by atoms with E-state index in [2.05, 4.69) is 81.1 Å². The van der Waals surface area contributed by atoms with Crippen LogP contribution in [0, 0.1) is 3.57 Å². The molecule has 0 amide bonds. The van der Waals surface area contributed by atoms with Gasteiger partial charge in [-0.15, -0.1) is 0 Å². The fourth-order valence-corrected chi connectivity index (χ4v) is 3.07. The molecular formula is C15H14BrClIN. The Labute approximate surface area is 141 Å². The summed E-state index contributed by atoms with van der Waals surface area (Å²) in [6.07, 6.45) is 0.968. The summed E-state index contributed by atoms with van der Waals surface area (Å²) in [4.78, 5) is 0. The Balaban J connectivity index is 2.01. The minimum Gasteiger partial charge on any atom is -0.381 e. The first kappa shape index (κ1) is 15.1. The third-order valence-corrected chi connectivity index (χ3v) is 4.30. The third-order valence-electron chi connectivity index (χ3n) is 2.79. The van der Waals surface area contributed by atoms with E-state index in [1.165, 1.54) is 5.56 Å². The van der Waals surface area contributed by atoms with Crippen molar-refractivity contribution in [1.29, 1.82) is 0 Å². The van der Waals surface area contributed by atoms with E-state index in [1.54, 1.807) is 0 Å². The van der Waals surface area contributed by atoms with Crippen molar-refractivity contribution in [2.24, 2.45) is 0 Å². The molecule has 1 atom stereocenters. The summed E-state index contributed by atoms with van der Waals surface area (Å²) < 4.78 is 2.26. The smallest absolute Gasteiger partial charge is 0.0648 e. The number of anilines is 1. The maximum Gasteiger partial charge on any atom is 0.0648 e. The van der Waals surface area contributed by atoms with Gasteiger partial charge in [0.05, 0.1) is 10.7 Å². The molecule has 19 heavy (non-hydrogen) atoms. The first-order chi connectivity index (χ1) is 9.04. The Morgan fingerprint density at radius 1 is 1.21 bits per heavy atom. The van der Waals surface area contributed by atoms with Gasteiger partial charge in [0.1, 0.15) is 0 Å². The Bertz CT molecular complexity index is 557. The molecule has 2 rings (SSSR count). The lowest BCUT2D eigenvalue weighted by Crippen LogP contribution is -2.18. The molecule has 0 aromatic heterocycles. The maximum atomic E-state index is 6.22. The predicted octanol–water partition coefficient (Wildman–Crippen LogP) is 5.75. The lowest BCUT2D eigenvalue weighted by Gasteiger charge is -2.16. The van der Waals surface area contributed by atoms with Gasteiger partial charge in [-0.25, -0.2) is 0 Å². The largest absolute Gasteiger partial charge is 0.381 e. The van der Waals surface area contributed by atoms with Crippen molar-refractivity contribution in [3.05, 3.63) is 61.1 Å². The minimum absolute atomic E-state index is 0.332. The van der Waals surface area contributed by atoms with E-state index < -0.39 is 0 Å². The van der Waals surface area contributed by atoms with Crippen LogP contribution in [0.3, 0.4) is 0 Å². The van der Waals surface area contributed by atoms with E-state index in [9.17, 15) is 0 Å². The van der Waals surface area contributed by atoms with Gasteiger partial charge in [-0.3, -0.25) is 0 Å². The summed E-state index contributed by atoms with van der Waals surface area (Å²) in [7, 11) is 0. The zero-order valence-corrected chi connectivity index (χ0v) is 15.0. The molecule has 2 aromatic carbocycles. The van der Waals surface area contributed by atoms with E-state index in [-0.39, 0.29) is 0 Å². The SMILES string of the molecule is CC(Cc1ccc(Br)cc1)Nc1ccc(I)cc1Cl. The molecule has 1 nitrogen and oxygen atoms in total. The quantitative estimate of drug-likeness (QED) is 0.585. The van der Waals surface area contributed by atoms with Crippen LogP contribution in [-0.2, 0) is 6.42 Å². The van der Waals surface area contributed by atoms with Crippen LogP contribution in [0.15, 0.2) is 46.9 Å². The highest BCUT2D eigenvalue weighted by Crippen LogP contribution is 2.25. The highest BCUT2D eigenvalue weighted by Gasteiger charge is 2.06. The number of nitrogens with one attached hydrogen (secondary N) is 1. The van der Waals surface area contributed by atoms with Gasteiger partial charge in [-0.1, -0.05) is 39.7 Å². The Kier molecular flexibility index (Phi) is 5.54. The van der Waals surface area contributed by atoms with Gasteiger partial charge in [-0.2, -0.15) is 0 Å². The van der Waals surface area contributed by atoms with Crippen LogP contribution in [0.2, 0.25) is 5.02 Å². The Morgan fingerprint density at radius 2 is 1.89 bits per heavy atom. The van der Waals surface area contributed by atoms with Crippen molar-refractivity contribution in [1.82, 2.24) is 0 Å². The highest BCUT2D eigenvalue weighted by molar-refractivity contribution is 14.1. The van der Waals surface area contributed by atoms with Crippen LogP contribution in [-0.4, -0.2) is 6.04 Å². The van der Waals surface area contributed by atoms with E-state index >= 15 is 0 Å². The van der Waals surface area contributed by atoms with Crippen molar-refractivity contribution >= 4 is 55.8 Å². The molecule has 2 aromatic rings. The van der Waals surface area contributed by atoms with Crippen molar-refractivity contribution in [2.75, 3.05) is 5.32 Å². The molecule has 0 heterocycles. The van der Waals surface area contributed by atoms with Gasteiger partial charge in [-0.05, 0) is 71.8 Å². The summed E-state index contributed by atoms with van der Waals surface area (Å²) in [6, 6.07) is 14.8. The second kappa shape index (κ2) is 6.95. The zero-order valence-electron chi connectivity index (χ0n) is 10.5. The van der Waals surface area contributed by atoms with Crippen molar-refractivity contribution in [2.45, 2.75) is 19.4 Å². The molecule has 0 aliphatic heterocycles. The molecule has 0 fully saturated rings. The number of hydrogen-bond acceptors (Lipinski definition) is 1. The maximum absolute atomic E-state index is 6.22. The van der Waals surface area contributed by atoms with Crippen LogP contribution in [0.1, 0.15) is 12.5 Å². The Morgan fingerprint density at radius 3 is 2.53 bits per heavy atom. The molecule has 0 radical (unpaired) electrons. The standard InChI is InChI=1S/C15H14BrClIN/c1-10(8-11-2-4-12(16)5-3-11)19-15-7-6-13(18)9-14(15)17/h2-7,9-10,19H,8H2,1H3. The van der Waals surface area contributed by atoms with Crippen LogP contribution in [0.4, 0.5) is 5.69 Å². The normalized spacial score (nSPS) is 12.2. The van der Waals surface area contributed by atoms with Crippen molar-refractivity contribution in [3.8, 4) is 0 Å². The monoisotopic (exact) mass is 449 g/mol. The van der Waals surface area contributed by atoms with Gasteiger partial charge in [0, 0.05) is 14.1 Å². The molecule has 0 aliphatic rings. The third kappa shape index (κ3) is 4.65. The second-order valence-electron chi connectivity index (χ2n) is 4.50. The molecule has 100 valence electrons. The molecule has 0 saturated heterocycles. The van der Waals surface area contributed by atoms with E-state index in [1.807, 2.05) is 12.1 Å². The van der Waals surface area contributed by atoms with E-state index in [0.717, 1.165) is 25.2 Å².